The van der Waals surface area contributed by atoms with Crippen LogP contribution < -0.4 is 5.32 Å². The number of carbonyl (C=O) groups excluding carboxylic acids is 2. The van der Waals surface area contributed by atoms with Crippen LogP contribution in [0.15, 0.2) is 30.5 Å². The van der Waals surface area contributed by atoms with Gasteiger partial charge < -0.3 is 10.2 Å². The molecule has 25 heavy (non-hydrogen) atoms. The molecule has 0 aliphatic rings. The number of amides is 2. The van der Waals surface area contributed by atoms with Gasteiger partial charge in [0.05, 0.1) is 13.0 Å². The summed E-state index contributed by atoms with van der Waals surface area (Å²) >= 11 is 1.39. The average Bonchev–Trinajstić information content (AvgIpc) is 2.98. The molecule has 0 unspecified atom stereocenters. The number of hydrogen-bond donors (Lipinski definition) is 1. The molecule has 2 amide bonds. The monoisotopic (exact) mass is 363 g/mol. The summed E-state index contributed by atoms with van der Waals surface area (Å²) in [7, 11) is 0. The fraction of sp³-hybridized carbons (Fsp3) is 0.389. The molecule has 134 valence electrons. The molecule has 0 saturated heterocycles. The van der Waals surface area contributed by atoms with Crippen LogP contribution in [0, 0.1) is 12.7 Å². The molecule has 0 radical (unpaired) electrons. The summed E-state index contributed by atoms with van der Waals surface area (Å²) in [5.74, 6) is -0.749. The van der Waals surface area contributed by atoms with Gasteiger partial charge in [-0.1, -0.05) is 25.5 Å². The molecule has 1 heterocycles. The molecule has 0 aliphatic heterocycles. The van der Waals surface area contributed by atoms with E-state index in [1.54, 1.807) is 23.2 Å². The van der Waals surface area contributed by atoms with Crippen molar-refractivity contribution in [3.8, 4) is 0 Å². The molecule has 1 aromatic heterocycles. The van der Waals surface area contributed by atoms with E-state index in [9.17, 15) is 14.0 Å². The lowest BCUT2D eigenvalue weighted by atomic mass is 10.1. The molecule has 7 heteroatoms. The summed E-state index contributed by atoms with van der Waals surface area (Å²) < 4.78 is 13.0. The summed E-state index contributed by atoms with van der Waals surface area (Å²) in [6, 6.07) is 5.83. The Hall–Kier alpha value is -2.28. The Balaban J connectivity index is 1.97. The minimum Gasteiger partial charge on any atom is -0.333 e. The van der Waals surface area contributed by atoms with E-state index in [0.717, 1.165) is 23.3 Å². The third kappa shape index (κ3) is 6.26. The Bertz CT molecular complexity index is 715. The minimum absolute atomic E-state index is 0.0152. The zero-order valence-corrected chi connectivity index (χ0v) is 15.2. The van der Waals surface area contributed by atoms with Crippen molar-refractivity contribution in [2.75, 3.05) is 18.4 Å². The maximum Gasteiger partial charge on any atom is 0.245 e. The highest BCUT2D eigenvalue weighted by molar-refractivity contribution is 7.15. The predicted octanol–water partition coefficient (Wildman–Crippen LogP) is 3.40. The summed E-state index contributed by atoms with van der Waals surface area (Å²) in [5.41, 5.74) is 0.726. The molecular formula is C18H22FN3O2S. The van der Waals surface area contributed by atoms with Crippen molar-refractivity contribution < 1.29 is 14.0 Å². The zero-order valence-electron chi connectivity index (χ0n) is 14.4. The average molecular weight is 363 g/mol. The van der Waals surface area contributed by atoms with E-state index in [4.69, 9.17) is 0 Å². The van der Waals surface area contributed by atoms with E-state index in [-0.39, 0.29) is 30.6 Å². The van der Waals surface area contributed by atoms with E-state index in [0.29, 0.717) is 11.7 Å². The fourth-order valence-electron chi connectivity index (χ4n) is 2.27. The highest BCUT2D eigenvalue weighted by Gasteiger charge is 2.18. The van der Waals surface area contributed by atoms with E-state index < -0.39 is 0 Å². The molecule has 0 aliphatic carbocycles. The summed E-state index contributed by atoms with van der Waals surface area (Å²) in [4.78, 5) is 31.4. The molecule has 0 fully saturated rings. The Labute approximate surface area is 150 Å². The van der Waals surface area contributed by atoms with Gasteiger partial charge in [0.1, 0.15) is 5.82 Å². The van der Waals surface area contributed by atoms with E-state index in [1.165, 1.54) is 23.5 Å². The third-order valence-electron chi connectivity index (χ3n) is 3.60. The SMILES string of the molecule is CCCCN(CC(=O)Nc1ncc(C)s1)C(=O)Cc1ccc(F)cc1. The van der Waals surface area contributed by atoms with Gasteiger partial charge in [-0.25, -0.2) is 9.37 Å². The molecule has 0 saturated carbocycles. The maximum atomic E-state index is 13.0. The lowest BCUT2D eigenvalue weighted by Gasteiger charge is -2.22. The Morgan fingerprint density at radius 1 is 1.28 bits per heavy atom. The predicted molar refractivity (Wildman–Crippen MR) is 97.1 cm³/mol. The minimum atomic E-state index is -0.336. The molecular weight excluding hydrogens is 341 g/mol. The van der Waals surface area contributed by atoms with Gasteiger partial charge in [0.25, 0.3) is 0 Å². The van der Waals surface area contributed by atoms with Crippen molar-refractivity contribution in [3.63, 3.8) is 0 Å². The van der Waals surface area contributed by atoms with Crippen molar-refractivity contribution >= 4 is 28.3 Å². The highest BCUT2D eigenvalue weighted by atomic mass is 32.1. The standard InChI is InChI=1S/C18H22FN3O2S/c1-3-4-9-22(12-16(23)21-18-20-11-13(2)25-18)17(24)10-14-5-7-15(19)8-6-14/h5-8,11H,3-4,9-10,12H2,1-2H3,(H,20,21,23). The van der Waals surface area contributed by atoms with Gasteiger partial charge in [-0.15, -0.1) is 11.3 Å². The number of carbonyl (C=O) groups is 2. The molecule has 5 nitrogen and oxygen atoms in total. The van der Waals surface area contributed by atoms with Gasteiger partial charge in [0.15, 0.2) is 5.13 Å². The van der Waals surface area contributed by atoms with E-state index >= 15 is 0 Å². The quantitative estimate of drug-likeness (QED) is 0.782. The first-order chi connectivity index (χ1) is 12.0. The Morgan fingerprint density at radius 3 is 2.60 bits per heavy atom. The van der Waals surface area contributed by atoms with Crippen LogP contribution in [-0.4, -0.2) is 34.8 Å². The Kier molecular flexibility index (Phi) is 7.06. The lowest BCUT2D eigenvalue weighted by molar-refractivity contribution is -0.134. The number of unbranched alkanes of at least 4 members (excludes halogenated alkanes) is 1. The van der Waals surface area contributed by atoms with Crippen molar-refractivity contribution in [2.24, 2.45) is 0 Å². The van der Waals surface area contributed by atoms with Crippen LogP contribution >= 0.6 is 11.3 Å². The van der Waals surface area contributed by atoms with Crippen molar-refractivity contribution in [1.29, 1.82) is 0 Å². The molecule has 0 bridgehead atoms. The zero-order chi connectivity index (χ0) is 18.2. The van der Waals surface area contributed by atoms with Crippen LogP contribution in [-0.2, 0) is 16.0 Å². The number of aryl methyl sites for hydroxylation is 1. The highest BCUT2D eigenvalue weighted by Crippen LogP contribution is 2.16. The lowest BCUT2D eigenvalue weighted by Crippen LogP contribution is -2.39. The molecule has 1 aromatic carbocycles. The van der Waals surface area contributed by atoms with E-state index in [1.807, 2.05) is 13.8 Å². The number of benzene rings is 1. The number of rotatable bonds is 8. The topological polar surface area (TPSA) is 62.3 Å². The second-order valence-electron chi connectivity index (χ2n) is 5.80. The van der Waals surface area contributed by atoms with Crippen LogP contribution in [0.3, 0.4) is 0 Å². The maximum absolute atomic E-state index is 13.0. The number of thiazole rings is 1. The van der Waals surface area contributed by atoms with Crippen LogP contribution in [0.4, 0.5) is 9.52 Å². The van der Waals surface area contributed by atoms with Gasteiger partial charge >= 0.3 is 0 Å². The smallest absolute Gasteiger partial charge is 0.245 e. The first-order valence-electron chi connectivity index (χ1n) is 8.22. The van der Waals surface area contributed by atoms with E-state index in [2.05, 4.69) is 10.3 Å². The largest absolute Gasteiger partial charge is 0.333 e. The fourth-order valence-corrected chi connectivity index (χ4v) is 2.95. The van der Waals surface area contributed by atoms with Crippen molar-refractivity contribution in [2.45, 2.75) is 33.1 Å². The summed E-state index contributed by atoms with van der Waals surface area (Å²) in [5, 5.41) is 3.25. The number of nitrogens with zero attached hydrogens (tertiary/aromatic N) is 2. The van der Waals surface area contributed by atoms with Gasteiger partial charge in [-0.05, 0) is 31.0 Å². The first-order valence-corrected chi connectivity index (χ1v) is 9.04. The first kappa shape index (κ1) is 19.1. The normalized spacial score (nSPS) is 10.5. The number of aromatic nitrogens is 1. The second-order valence-corrected chi connectivity index (χ2v) is 7.03. The van der Waals surface area contributed by atoms with Gasteiger partial charge in [0, 0.05) is 17.6 Å². The number of hydrogen-bond acceptors (Lipinski definition) is 4. The molecule has 0 spiro atoms. The number of nitrogens with one attached hydrogen (secondary N) is 1. The summed E-state index contributed by atoms with van der Waals surface area (Å²) in [6.07, 6.45) is 3.58. The van der Waals surface area contributed by atoms with Gasteiger partial charge in [0.2, 0.25) is 11.8 Å². The van der Waals surface area contributed by atoms with Crippen LogP contribution in [0.1, 0.15) is 30.2 Å². The molecule has 1 N–H and O–H groups in total. The third-order valence-corrected chi connectivity index (χ3v) is 4.43. The van der Waals surface area contributed by atoms with Crippen LogP contribution in [0.2, 0.25) is 0 Å². The van der Waals surface area contributed by atoms with Crippen molar-refractivity contribution in [3.05, 3.63) is 46.7 Å². The Morgan fingerprint density at radius 2 is 2.00 bits per heavy atom. The van der Waals surface area contributed by atoms with Crippen LogP contribution in [0.5, 0.6) is 0 Å². The second kappa shape index (κ2) is 9.27. The molecule has 0 atom stereocenters. The summed E-state index contributed by atoms with van der Waals surface area (Å²) in [6.45, 7) is 4.44. The molecule has 2 rings (SSSR count). The number of halogens is 1. The number of anilines is 1. The van der Waals surface area contributed by atoms with Crippen LogP contribution in [0.25, 0.3) is 0 Å². The van der Waals surface area contributed by atoms with Gasteiger partial charge in [-0.3, -0.25) is 9.59 Å². The van der Waals surface area contributed by atoms with Gasteiger partial charge in [-0.2, -0.15) is 0 Å². The molecule has 2 aromatic rings. The van der Waals surface area contributed by atoms with Crippen molar-refractivity contribution in [1.82, 2.24) is 9.88 Å².